The van der Waals surface area contributed by atoms with Crippen molar-refractivity contribution in [2.24, 2.45) is 0 Å². The molecule has 1 N–H and O–H groups in total. The van der Waals surface area contributed by atoms with Gasteiger partial charge in [0.25, 0.3) is 0 Å². The highest BCUT2D eigenvalue weighted by Gasteiger charge is 2.24. The Kier molecular flexibility index (Phi) is 2.09. The van der Waals surface area contributed by atoms with E-state index in [0.717, 1.165) is 12.2 Å². The minimum atomic E-state index is 0.134. The van der Waals surface area contributed by atoms with Gasteiger partial charge in [0.2, 0.25) is 0 Å². The Morgan fingerprint density at radius 2 is 2.44 bits per heavy atom. The van der Waals surface area contributed by atoms with Crippen LogP contribution in [0.5, 0.6) is 5.75 Å². The number of nitrogens with zero attached hydrogens (tertiary/aromatic N) is 3. The van der Waals surface area contributed by atoms with Crippen LogP contribution in [0.3, 0.4) is 0 Å². The molecule has 1 atom stereocenters. The number of benzene rings is 1. The molecule has 5 nitrogen and oxygen atoms in total. The van der Waals surface area contributed by atoms with Gasteiger partial charge in [0.1, 0.15) is 11.9 Å². The SMILES string of the molecule is Cc1ccc2c(c1)CC(Cc1nn[nH]n1)O2. The van der Waals surface area contributed by atoms with E-state index >= 15 is 0 Å². The molecule has 0 aliphatic carbocycles. The molecule has 0 saturated carbocycles. The van der Waals surface area contributed by atoms with Gasteiger partial charge in [-0.25, -0.2) is 0 Å². The third-order valence-corrected chi connectivity index (χ3v) is 2.76. The van der Waals surface area contributed by atoms with Crippen LogP contribution in [0.4, 0.5) is 0 Å². The van der Waals surface area contributed by atoms with Crippen molar-refractivity contribution < 1.29 is 4.74 Å². The van der Waals surface area contributed by atoms with Crippen molar-refractivity contribution in [2.45, 2.75) is 25.9 Å². The quantitative estimate of drug-likeness (QED) is 0.815. The second-order valence-corrected chi connectivity index (χ2v) is 4.09. The maximum atomic E-state index is 5.81. The van der Waals surface area contributed by atoms with Gasteiger partial charge in [-0.15, -0.1) is 10.2 Å². The first-order valence-corrected chi connectivity index (χ1v) is 5.30. The van der Waals surface area contributed by atoms with Crippen LogP contribution in [0.15, 0.2) is 18.2 Å². The number of hydrogen-bond donors (Lipinski definition) is 1. The number of hydrogen-bond acceptors (Lipinski definition) is 4. The summed E-state index contributed by atoms with van der Waals surface area (Å²) < 4.78 is 5.81. The zero-order chi connectivity index (χ0) is 11.0. The van der Waals surface area contributed by atoms with Crippen LogP contribution in [-0.2, 0) is 12.8 Å². The summed E-state index contributed by atoms with van der Waals surface area (Å²) in [5.41, 5.74) is 2.54. The fraction of sp³-hybridized carbons (Fsp3) is 0.364. The maximum Gasteiger partial charge on any atom is 0.178 e. The first-order chi connectivity index (χ1) is 7.81. The van der Waals surface area contributed by atoms with Gasteiger partial charge in [-0.05, 0) is 18.6 Å². The molecule has 1 aromatic carbocycles. The van der Waals surface area contributed by atoms with E-state index in [4.69, 9.17) is 4.74 Å². The smallest absolute Gasteiger partial charge is 0.178 e. The highest BCUT2D eigenvalue weighted by atomic mass is 16.5. The summed E-state index contributed by atoms with van der Waals surface area (Å²) in [6.45, 7) is 2.09. The van der Waals surface area contributed by atoms with Gasteiger partial charge in [-0.1, -0.05) is 22.9 Å². The van der Waals surface area contributed by atoms with Gasteiger partial charge in [-0.3, -0.25) is 0 Å². The summed E-state index contributed by atoms with van der Waals surface area (Å²) in [6, 6.07) is 6.27. The second-order valence-electron chi connectivity index (χ2n) is 4.09. The average Bonchev–Trinajstić information content (AvgIpc) is 2.86. The molecule has 0 amide bonds. The molecular weight excluding hydrogens is 204 g/mol. The van der Waals surface area contributed by atoms with E-state index in [1.54, 1.807) is 0 Å². The van der Waals surface area contributed by atoms with Gasteiger partial charge in [-0.2, -0.15) is 5.21 Å². The van der Waals surface area contributed by atoms with Crippen molar-refractivity contribution in [2.75, 3.05) is 0 Å². The number of tetrazole rings is 1. The van der Waals surface area contributed by atoms with Crippen LogP contribution in [0.25, 0.3) is 0 Å². The van der Waals surface area contributed by atoms with Crippen molar-refractivity contribution in [1.29, 1.82) is 0 Å². The molecule has 1 aliphatic heterocycles. The molecule has 0 saturated heterocycles. The zero-order valence-corrected chi connectivity index (χ0v) is 8.97. The third-order valence-electron chi connectivity index (χ3n) is 2.76. The Labute approximate surface area is 92.8 Å². The Hall–Kier alpha value is -1.91. The number of fused-ring (bicyclic) bond motifs is 1. The zero-order valence-electron chi connectivity index (χ0n) is 8.97. The molecular formula is C11H12N4O. The normalized spacial score (nSPS) is 18.2. The van der Waals surface area contributed by atoms with Crippen LogP contribution in [-0.4, -0.2) is 26.7 Å². The highest BCUT2D eigenvalue weighted by molar-refractivity contribution is 5.40. The standard InChI is InChI=1S/C11H12N4O/c1-7-2-3-10-8(4-7)5-9(16-10)6-11-12-14-15-13-11/h2-4,9H,5-6H2,1H3,(H,12,13,14,15). The molecule has 3 rings (SSSR count). The largest absolute Gasteiger partial charge is 0.489 e. The Balaban J connectivity index is 1.75. The monoisotopic (exact) mass is 216 g/mol. The van der Waals surface area contributed by atoms with E-state index in [1.165, 1.54) is 11.1 Å². The van der Waals surface area contributed by atoms with Crippen LogP contribution >= 0.6 is 0 Å². The van der Waals surface area contributed by atoms with E-state index in [2.05, 4.69) is 39.7 Å². The summed E-state index contributed by atoms with van der Waals surface area (Å²) in [5, 5.41) is 13.8. The molecule has 82 valence electrons. The Morgan fingerprint density at radius 1 is 1.50 bits per heavy atom. The second kappa shape index (κ2) is 3.59. The lowest BCUT2D eigenvalue weighted by molar-refractivity contribution is 0.230. The van der Waals surface area contributed by atoms with Crippen LogP contribution in [0.1, 0.15) is 17.0 Å². The number of H-pyrrole nitrogens is 1. The first kappa shape index (κ1) is 9.33. The first-order valence-electron chi connectivity index (χ1n) is 5.30. The molecule has 1 aliphatic rings. The molecule has 16 heavy (non-hydrogen) atoms. The highest BCUT2D eigenvalue weighted by Crippen LogP contribution is 2.30. The summed E-state index contributed by atoms with van der Waals surface area (Å²) >= 11 is 0. The molecule has 2 aromatic rings. The molecule has 1 aromatic heterocycles. The number of ether oxygens (including phenoxy) is 1. The number of nitrogens with one attached hydrogen (secondary N) is 1. The maximum absolute atomic E-state index is 5.81. The van der Waals surface area contributed by atoms with Crippen molar-refractivity contribution >= 4 is 0 Å². The van der Waals surface area contributed by atoms with Gasteiger partial charge in [0.15, 0.2) is 5.82 Å². The van der Waals surface area contributed by atoms with Gasteiger partial charge in [0, 0.05) is 12.8 Å². The summed E-state index contributed by atoms with van der Waals surface area (Å²) in [6.07, 6.45) is 1.75. The lowest BCUT2D eigenvalue weighted by Crippen LogP contribution is -2.17. The molecule has 1 unspecified atom stereocenters. The molecule has 2 heterocycles. The topological polar surface area (TPSA) is 63.7 Å². The number of aromatic nitrogens is 4. The van der Waals surface area contributed by atoms with Gasteiger partial charge >= 0.3 is 0 Å². The number of rotatable bonds is 2. The predicted molar refractivity (Wildman–Crippen MR) is 57.2 cm³/mol. The van der Waals surface area contributed by atoms with E-state index in [0.29, 0.717) is 12.2 Å². The van der Waals surface area contributed by atoms with Gasteiger partial charge < -0.3 is 4.74 Å². The molecule has 0 spiro atoms. The van der Waals surface area contributed by atoms with E-state index in [9.17, 15) is 0 Å². The van der Waals surface area contributed by atoms with E-state index < -0.39 is 0 Å². The molecule has 5 heteroatoms. The predicted octanol–water partition coefficient (Wildman–Crippen LogP) is 1.05. The Bertz CT molecular complexity index is 495. The minimum absolute atomic E-state index is 0.134. The van der Waals surface area contributed by atoms with Crippen molar-refractivity contribution in [3.63, 3.8) is 0 Å². The van der Waals surface area contributed by atoms with Crippen molar-refractivity contribution in [3.05, 3.63) is 35.2 Å². The van der Waals surface area contributed by atoms with Crippen LogP contribution < -0.4 is 4.74 Å². The molecule has 0 radical (unpaired) electrons. The number of aryl methyl sites for hydroxylation is 1. The van der Waals surface area contributed by atoms with Crippen LogP contribution in [0.2, 0.25) is 0 Å². The minimum Gasteiger partial charge on any atom is -0.489 e. The summed E-state index contributed by atoms with van der Waals surface area (Å²) in [4.78, 5) is 0. The molecule has 0 bridgehead atoms. The lowest BCUT2D eigenvalue weighted by atomic mass is 10.1. The van der Waals surface area contributed by atoms with Crippen LogP contribution in [0, 0.1) is 6.92 Å². The van der Waals surface area contributed by atoms with Crippen molar-refractivity contribution in [1.82, 2.24) is 20.6 Å². The van der Waals surface area contributed by atoms with E-state index in [-0.39, 0.29) is 6.10 Å². The van der Waals surface area contributed by atoms with Gasteiger partial charge in [0.05, 0.1) is 0 Å². The van der Waals surface area contributed by atoms with E-state index in [1.807, 2.05) is 6.07 Å². The average molecular weight is 216 g/mol. The lowest BCUT2D eigenvalue weighted by Gasteiger charge is -2.06. The fourth-order valence-corrected chi connectivity index (χ4v) is 2.04. The third kappa shape index (κ3) is 1.64. The summed E-state index contributed by atoms with van der Waals surface area (Å²) in [7, 11) is 0. The Morgan fingerprint density at radius 3 is 3.25 bits per heavy atom. The molecule has 0 fully saturated rings. The number of aromatic amines is 1. The fourth-order valence-electron chi connectivity index (χ4n) is 2.04. The van der Waals surface area contributed by atoms with Crippen molar-refractivity contribution in [3.8, 4) is 5.75 Å². The summed E-state index contributed by atoms with van der Waals surface area (Å²) in [5.74, 6) is 1.69.